The summed E-state index contributed by atoms with van der Waals surface area (Å²) >= 11 is 4.02. The smallest absolute Gasteiger partial charge is 0.205 e. The largest absolute Gasteiger partial charge is 0.472 e. The first-order valence-electron chi connectivity index (χ1n) is 19.0. The lowest BCUT2D eigenvalue weighted by atomic mass is 9.77. The van der Waals surface area contributed by atoms with Crippen molar-refractivity contribution >= 4 is 27.1 Å². The van der Waals surface area contributed by atoms with Gasteiger partial charge in [0.05, 0.1) is 24.8 Å². The van der Waals surface area contributed by atoms with Gasteiger partial charge in [0.25, 0.3) is 0 Å². The molecule has 57 heavy (non-hydrogen) atoms. The van der Waals surface area contributed by atoms with Crippen molar-refractivity contribution in [1.29, 1.82) is 0 Å². The Balaban J connectivity index is 1.25. The van der Waals surface area contributed by atoms with E-state index < -0.39 is 11.1 Å². The topological polar surface area (TPSA) is 108 Å². The van der Waals surface area contributed by atoms with Gasteiger partial charge in [-0.1, -0.05) is 122 Å². The average Bonchev–Trinajstić information content (AvgIpc) is 3.94. The van der Waals surface area contributed by atoms with E-state index in [-0.39, 0.29) is 0 Å². The number of rotatable bonds is 10. The Morgan fingerprint density at radius 2 is 1.33 bits per heavy atom. The van der Waals surface area contributed by atoms with E-state index in [1.807, 2.05) is 85.8 Å². The second-order valence-corrected chi connectivity index (χ2v) is 15.6. The maximum Gasteiger partial charge on any atom is 0.205 e. The molecule has 3 aromatic heterocycles. The van der Waals surface area contributed by atoms with Crippen molar-refractivity contribution in [3.05, 3.63) is 184 Å². The number of tetrazole rings is 1. The van der Waals surface area contributed by atoms with Crippen LogP contribution in [0.1, 0.15) is 60.1 Å². The Morgan fingerprint density at radius 1 is 0.737 bits per heavy atom. The van der Waals surface area contributed by atoms with E-state index in [0.29, 0.717) is 24.5 Å². The number of imidazole rings is 1. The molecule has 0 spiro atoms. The van der Waals surface area contributed by atoms with Crippen molar-refractivity contribution in [2.75, 3.05) is 0 Å². The van der Waals surface area contributed by atoms with Crippen LogP contribution in [0.3, 0.4) is 0 Å². The molecule has 1 aliphatic heterocycles. The average molecular weight is 815 g/mol. The molecule has 4 aromatic carbocycles. The van der Waals surface area contributed by atoms with Crippen molar-refractivity contribution in [2.45, 2.75) is 51.8 Å². The standard InChI is InChI=1S/C47H40BrN7O2/c1-5-40-50-43-30(2)27-39(46(3,4)56)49-45(43)54(40)28-37-34-25-26-57-29-38(34)42(48)41(37)35-23-15-16-24-36(35)44-51-53-55(52-44)47(31-17-9-6-10-18-31,32-19-11-7-12-20-32)33-21-13-8-14-22-33/h6-27,29,56H,5,28H2,1-4H3. The minimum absolute atomic E-state index is 0.469. The molecule has 4 heterocycles. The highest BCUT2D eigenvalue weighted by Crippen LogP contribution is 2.49. The summed E-state index contributed by atoms with van der Waals surface area (Å²) in [5.41, 5.74) is 9.88. The molecule has 9 rings (SSSR count). The first-order chi connectivity index (χ1) is 27.7. The number of nitrogens with zero attached hydrogens (tertiary/aromatic N) is 7. The number of aryl methyl sites for hydroxylation is 2. The van der Waals surface area contributed by atoms with Gasteiger partial charge in [-0.05, 0) is 93.0 Å². The third-order valence-corrected chi connectivity index (χ3v) is 11.7. The quantitative estimate of drug-likeness (QED) is 0.137. The van der Waals surface area contributed by atoms with Gasteiger partial charge in [0.1, 0.15) is 16.9 Å². The fourth-order valence-electron chi connectivity index (χ4n) is 8.09. The van der Waals surface area contributed by atoms with Crippen LogP contribution < -0.4 is 0 Å². The minimum Gasteiger partial charge on any atom is -0.472 e. The van der Waals surface area contributed by atoms with E-state index in [1.165, 1.54) is 0 Å². The monoisotopic (exact) mass is 813 g/mol. The fourth-order valence-corrected chi connectivity index (χ4v) is 8.85. The van der Waals surface area contributed by atoms with Gasteiger partial charge in [0, 0.05) is 27.6 Å². The van der Waals surface area contributed by atoms with Crippen LogP contribution in [-0.4, -0.2) is 39.8 Å². The minimum atomic E-state index is -1.12. The molecule has 1 N–H and O–H groups in total. The van der Waals surface area contributed by atoms with Crippen molar-refractivity contribution in [2.24, 2.45) is 0 Å². The molecule has 0 saturated carbocycles. The van der Waals surface area contributed by atoms with Crippen LogP contribution in [0, 0.1) is 6.92 Å². The van der Waals surface area contributed by atoms with Crippen molar-refractivity contribution < 1.29 is 9.52 Å². The van der Waals surface area contributed by atoms with Crippen molar-refractivity contribution in [3.63, 3.8) is 0 Å². The predicted octanol–water partition coefficient (Wildman–Crippen LogP) is 10.2. The zero-order valence-electron chi connectivity index (χ0n) is 32.1. The normalized spacial score (nSPS) is 12.2. The molecule has 0 fully saturated rings. The maximum atomic E-state index is 11.0. The molecule has 7 aromatic rings. The van der Waals surface area contributed by atoms with E-state index in [4.69, 9.17) is 29.8 Å². The highest BCUT2D eigenvalue weighted by molar-refractivity contribution is 9.10. The maximum absolute atomic E-state index is 11.0. The molecule has 0 saturated heterocycles. The Bertz CT molecular complexity index is 2720. The lowest BCUT2D eigenvalue weighted by Gasteiger charge is -2.34. The van der Waals surface area contributed by atoms with Gasteiger partial charge >= 0.3 is 0 Å². The van der Waals surface area contributed by atoms with Crippen LogP contribution in [0.4, 0.5) is 0 Å². The van der Waals surface area contributed by atoms with Gasteiger partial charge in [0.2, 0.25) is 5.82 Å². The predicted molar refractivity (Wildman–Crippen MR) is 226 cm³/mol. The first-order valence-corrected chi connectivity index (χ1v) is 19.8. The summed E-state index contributed by atoms with van der Waals surface area (Å²) in [5, 5.41) is 26.0. The number of benzene rings is 4. The molecule has 10 heteroatoms. The van der Waals surface area contributed by atoms with Gasteiger partial charge < -0.3 is 14.1 Å². The van der Waals surface area contributed by atoms with E-state index in [9.17, 15) is 5.11 Å². The zero-order valence-corrected chi connectivity index (χ0v) is 33.6. The number of hydrogen-bond acceptors (Lipinski definition) is 7. The Morgan fingerprint density at radius 3 is 1.93 bits per heavy atom. The molecular weight excluding hydrogens is 774 g/mol. The number of pyridine rings is 1. The van der Waals surface area contributed by atoms with E-state index in [0.717, 1.165) is 77.1 Å². The molecule has 282 valence electrons. The highest BCUT2D eigenvalue weighted by atomic mass is 79.9. The second kappa shape index (κ2) is 14.4. The molecule has 0 unspecified atom stereocenters. The molecule has 0 atom stereocenters. The van der Waals surface area contributed by atoms with Gasteiger partial charge in [-0.15, -0.1) is 15.0 Å². The van der Waals surface area contributed by atoms with E-state index in [1.54, 1.807) is 31.2 Å². The summed E-state index contributed by atoms with van der Waals surface area (Å²) in [6.07, 6.45) is 4.19. The van der Waals surface area contributed by atoms with Gasteiger partial charge in [-0.25, -0.2) is 9.97 Å². The van der Waals surface area contributed by atoms with Crippen LogP contribution in [-0.2, 0) is 24.1 Å². The highest BCUT2D eigenvalue weighted by Gasteiger charge is 2.41. The van der Waals surface area contributed by atoms with Gasteiger partial charge in [-0.3, -0.25) is 0 Å². The molecule has 2 aliphatic rings. The Labute approximate surface area is 339 Å². The summed E-state index contributed by atoms with van der Waals surface area (Å²) in [7, 11) is 0. The number of halogens is 1. The molecule has 1 aliphatic carbocycles. The second-order valence-electron chi connectivity index (χ2n) is 14.8. The van der Waals surface area contributed by atoms with Gasteiger partial charge in [-0.2, -0.15) is 0 Å². The van der Waals surface area contributed by atoms with Gasteiger partial charge in [0.15, 0.2) is 11.2 Å². The summed E-state index contributed by atoms with van der Waals surface area (Å²) in [5.74, 6) is 1.39. The van der Waals surface area contributed by atoms with Crippen LogP contribution in [0.2, 0.25) is 0 Å². The van der Waals surface area contributed by atoms with Crippen LogP contribution >= 0.6 is 15.9 Å². The summed E-state index contributed by atoms with van der Waals surface area (Å²) < 4.78 is 8.82. The Kier molecular flexibility index (Phi) is 9.18. The summed E-state index contributed by atoms with van der Waals surface area (Å²) in [4.78, 5) is 11.8. The van der Waals surface area contributed by atoms with Crippen molar-refractivity contribution in [1.82, 2.24) is 34.7 Å². The van der Waals surface area contributed by atoms with E-state index in [2.05, 4.69) is 76.0 Å². The number of aromatic nitrogens is 7. The molecule has 0 radical (unpaired) electrons. The number of fused-ring (bicyclic) bond motifs is 2. The van der Waals surface area contributed by atoms with Crippen LogP contribution in [0.5, 0.6) is 0 Å². The molecule has 9 nitrogen and oxygen atoms in total. The Hall–Kier alpha value is -6.23. The third kappa shape index (κ3) is 6.07. The van der Waals surface area contributed by atoms with Crippen LogP contribution in [0.15, 0.2) is 149 Å². The molecule has 0 amide bonds. The molecule has 0 bridgehead atoms. The lowest BCUT2D eigenvalue weighted by molar-refractivity contribution is 0.0740. The summed E-state index contributed by atoms with van der Waals surface area (Å²) in [6, 6.07) is 43.2. The first kappa shape index (κ1) is 36.4. The summed E-state index contributed by atoms with van der Waals surface area (Å²) in [6.45, 7) is 8.12. The lowest BCUT2D eigenvalue weighted by Crippen LogP contribution is -2.39. The SMILES string of the molecule is CCc1nc2c(C)cc(C(C)(C)O)nc2n1Cc1c2ccocc-2c(Br)c1-c1ccccc1-c1nnn(C(c2ccccc2)(c2ccccc2)c2ccccc2)n1. The number of hydrogen-bond donors (Lipinski definition) is 1. The molecular formula is C47H40BrN7O2. The third-order valence-electron chi connectivity index (χ3n) is 10.8. The van der Waals surface area contributed by atoms with E-state index >= 15 is 0 Å². The van der Waals surface area contributed by atoms with Crippen LogP contribution in [0.25, 0.3) is 44.8 Å². The zero-order chi connectivity index (χ0) is 39.3. The fraction of sp³-hybridized carbons (Fsp3) is 0.170. The number of aliphatic hydroxyl groups is 1. The van der Waals surface area contributed by atoms with Crippen molar-refractivity contribution in [3.8, 4) is 33.6 Å².